The minimum atomic E-state index is -4.46. The highest BCUT2D eigenvalue weighted by molar-refractivity contribution is 8.26. The van der Waals surface area contributed by atoms with Crippen LogP contribution in [-0.2, 0) is 15.8 Å². The van der Waals surface area contributed by atoms with Crippen molar-refractivity contribution in [1.29, 1.82) is 0 Å². The normalized spacial score (nSPS) is 15.8. The SMILES string of the molecule is Cc1ccc(-c2ccc(C=C3SC(=S)N(CCCCCC(=O)O)C3=O)o2)cc1C(F)(F)F. The fraction of sp³-hybridized carbons (Fsp3) is 0.318. The number of halogens is 3. The van der Waals surface area contributed by atoms with E-state index >= 15 is 0 Å². The summed E-state index contributed by atoms with van der Waals surface area (Å²) in [5.41, 5.74) is -0.312. The molecule has 2 heterocycles. The van der Waals surface area contributed by atoms with Gasteiger partial charge in [0, 0.05) is 24.6 Å². The van der Waals surface area contributed by atoms with Crippen molar-refractivity contribution in [3.8, 4) is 11.3 Å². The second-order valence-electron chi connectivity index (χ2n) is 7.27. The number of benzene rings is 1. The fourth-order valence-corrected chi connectivity index (χ4v) is 4.50. The molecule has 0 saturated carbocycles. The maximum Gasteiger partial charge on any atom is 0.416 e. The Labute approximate surface area is 192 Å². The van der Waals surface area contributed by atoms with Gasteiger partial charge in [0.2, 0.25) is 0 Å². The number of furan rings is 1. The monoisotopic (exact) mass is 483 g/mol. The number of carboxylic acids is 1. The predicted molar refractivity (Wildman–Crippen MR) is 120 cm³/mol. The molecule has 1 aliphatic heterocycles. The average molecular weight is 484 g/mol. The molecule has 1 aromatic carbocycles. The number of unbranched alkanes of at least 4 members (excludes halogenated alkanes) is 2. The van der Waals surface area contributed by atoms with E-state index < -0.39 is 17.7 Å². The minimum absolute atomic E-state index is 0.0879. The van der Waals surface area contributed by atoms with Crippen LogP contribution in [0.1, 0.15) is 42.6 Å². The van der Waals surface area contributed by atoms with E-state index in [1.54, 1.807) is 18.2 Å². The van der Waals surface area contributed by atoms with Crippen molar-refractivity contribution in [2.24, 2.45) is 0 Å². The fourth-order valence-electron chi connectivity index (χ4n) is 3.21. The molecule has 0 aliphatic carbocycles. The third-order valence-corrected chi connectivity index (χ3v) is 6.25. The summed E-state index contributed by atoms with van der Waals surface area (Å²) in [7, 11) is 0. The molecule has 0 atom stereocenters. The second-order valence-corrected chi connectivity index (χ2v) is 8.94. The van der Waals surface area contributed by atoms with Crippen molar-refractivity contribution >= 4 is 46.3 Å². The molecule has 1 amide bonds. The predicted octanol–water partition coefficient (Wildman–Crippen LogP) is 6.12. The van der Waals surface area contributed by atoms with Gasteiger partial charge < -0.3 is 9.52 Å². The van der Waals surface area contributed by atoms with Gasteiger partial charge in [-0.3, -0.25) is 14.5 Å². The molecule has 1 saturated heterocycles. The van der Waals surface area contributed by atoms with E-state index in [4.69, 9.17) is 21.7 Å². The van der Waals surface area contributed by atoms with E-state index in [1.807, 2.05) is 0 Å². The molecular formula is C22H20F3NO4S2. The number of hydrogen-bond donors (Lipinski definition) is 1. The number of nitrogens with zero attached hydrogens (tertiary/aromatic N) is 1. The van der Waals surface area contributed by atoms with Crippen LogP contribution in [-0.4, -0.2) is 32.7 Å². The van der Waals surface area contributed by atoms with Crippen molar-refractivity contribution in [2.45, 2.75) is 38.8 Å². The highest BCUT2D eigenvalue weighted by Gasteiger charge is 2.33. The number of hydrogen-bond acceptors (Lipinski definition) is 5. The largest absolute Gasteiger partial charge is 0.481 e. The van der Waals surface area contributed by atoms with Gasteiger partial charge >= 0.3 is 12.1 Å². The molecule has 1 aliphatic rings. The summed E-state index contributed by atoms with van der Waals surface area (Å²) in [6, 6.07) is 7.13. The van der Waals surface area contributed by atoms with E-state index in [-0.39, 0.29) is 29.2 Å². The lowest BCUT2D eigenvalue weighted by Gasteiger charge is -2.13. The van der Waals surface area contributed by atoms with E-state index in [0.29, 0.717) is 40.8 Å². The Balaban J connectivity index is 1.69. The smallest absolute Gasteiger partial charge is 0.416 e. The lowest BCUT2D eigenvalue weighted by atomic mass is 10.0. The number of aliphatic carboxylic acids is 1. The lowest BCUT2D eigenvalue weighted by molar-refractivity contribution is -0.138. The second kappa shape index (κ2) is 9.91. The van der Waals surface area contributed by atoms with Gasteiger partial charge in [-0.25, -0.2) is 0 Å². The number of carbonyl (C=O) groups excluding carboxylic acids is 1. The van der Waals surface area contributed by atoms with E-state index in [1.165, 1.54) is 24.0 Å². The Morgan fingerprint density at radius 1 is 1.22 bits per heavy atom. The Kier molecular flexibility index (Phi) is 7.45. The summed E-state index contributed by atoms with van der Waals surface area (Å²) in [5, 5.41) is 8.66. The molecule has 2 aromatic rings. The van der Waals surface area contributed by atoms with Crippen LogP contribution in [0.25, 0.3) is 17.4 Å². The third kappa shape index (κ3) is 5.80. The Hall–Kier alpha value is -2.59. The van der Waals surface area contributed by atoms with Gasteiger partial charge in [0.05, 0.1) is 10.5 Å². The molecule has 32 heavy (non-hydrogen) atoms. The van der Waals surface area contributed by atoms with Gasteiger partial charge in [0.15, 0.2) is 0 Å². The third-order valence-electron chi connectivity index (χ3n) is 4.87. The van der Waals surface area contributed by atoms with E-state index in [0.717, 1.165) is 17.8 Å². The molecule has 0 bridgehead atoms. The summed E-state index contributed by atoms with van der Waals surface area (Å²) in [4.78, 5) is 25.0. The van der Waals surface area contributed by atoms with Gasteiger partial charge in [-0.2, -0.15) is 13.2 Å². The van der Waals surface area contributed by atoms with Gasteiger partial charge in [-0.15, -0.1) is 0 Å². The molecule has 5 nitrogen and oxygen atoms in total. The molecule has 3 rings (SSSR count). The Morgan fingerprint density at radius 3 is 2.66 bits per heavy atom. The zero-order valence-corrected chi connectivity index (χ0v) is 18.7. The van der Waals surface area contributed by atoms with Crippen molar-refractivity contribution in [3.63, 3.8) is 0 Å². The molecule has 1 aromatic heterocycles. The van der Waals surface area contributed by atoms with Crippen LogP contribution in [0.15, 0.2) is 39.7 Å². The van der Waals surface area contributed by atoms with Gasteiger partial charge in [0.25, 0.3) is 5.91 Å². The first-order chi connectivity index (χ1) is 15.1. The van der Waals surface area contributed by atoms with Crippen LogP contribution in [0.5, 0.6) is 0 Å². The number of aryl methyl sites for hydroxylation is 1. The maximum absolute atomic E-state index is 13.2. The first-order valence-corrected chi connectivity index (χ1v) is 11.0. The van der Waals surface area contributed by atoms with Gasteiger partial charge in [-0.1, -0.05) is 42.5 Å². The van der Waals surface area contributed by atoms with Crippen molar-refractivity contribution in [2.75, 3.05) is 6.54 Å². The number of carbonyl (C=O) groups is 2. The van der Waals surface area contributed by atoms with Crippen molar-refractivity contribution < 1.29 is 32.3 Å². The van der Waals surface area contributed by atoms with Crippen LogP contribution >= 0.6 is 24.0 Å². The standard InChI is InChI=1S/C22H20F3NO4S2/c1-13-6-7-14(11-16(13)22(23,24)25)17-9-8-15(30-17)12-18-20(29)26(21(31)32-18)10-4-2-3-5-19(27)28/h6-9,11-12H,2-5,10H2,1H3,(H,27,28). The molecule has 0 spiro atoms. The van der Waals surface area contributed by atoms with E-state index in [9.17, 15) is 22.8 Å². The average Bonchev–Trinajstić information content (AvgIpc) is 3.27. The van der Waals surface area contributed by atoms with Crippen LogP contribution in [0.3, 0.4) is 0 Å². The summed E-state index contributed by atoms with van der Waals surface area (Å²) < 4.78 is 45.6. The molecule has 10 heteroatoms. The molecule has 1 fully saturated rings. The highest BCUT2D eigenvalue weighted by atomic mass is 32.2. The Bertz CT molecular complexity index is 1080. The maximum atomic E-state index is 13.2. The quantitative estimate of drug-likeness (QED) is 0.277. The molecule has 0 radical (unpaired) electrons. The topological polar surface area (TPSA) is 70.8 Å². The minimum Gasteiger partial charge on any atom is -0.481 e. The van der Waals surface area contributed by atoms with Crippen molar-refractivity contribution in [3.05, 3.63) is 52.1 Å². The molecular weight excluding hydrogens is 463 g/mol. The van der Waals surface area contributed by atoms with Crippen LogP contribution in [0.4, 0.5) is 13.2 Å². The molecule has 1 N–H and O–H groups in total. The van der Waals surface area contributed by atoms with Crippen LogP contribution in [0.2, 0.25) is 0 Å². The molecule has 170 valence electrons. The summed E-state index contributed by atoms with van der Waals surface area (Å²) in [5.74, 6) is -0.533. The summed E-state index contributed by atoms with van der Waals surface area (Å²) in [6.45, 7) is 1.79. The molecule has 0 unspecified atom stereocenters. The van der Waals surface area contributed by atoms with Gasteiger partial charge in [-0.05, 0) is 43.5 Å². The van der Waals surface area contributed by atoms with Gasteiger partial charge in [0.1, 0.15) is 15.8 Å². The first-order valence-electron chi connectivity index (χ1n) is 9.81. The Morgan fingerprint density at radius 2 is 1.97 bits per heavy atom. The van der Waals surface area contributed by atoms with Crippen molar-refractivity contribution in [1.82, 2.24) is 4.90 Å². The number of thioether (sulfide) groups is 1. The number of carboxylic acid groups (broad SMARTS) is 1. The number of thiocarbonyl (C=S) groups is 1. The van der Waals surface area contributed by atoms with Crippen LogP contribution in [0, 0.1) is 6.92 Å². The zero-order chi connectivity index (χ0) is 23.5. The number of amides is 1. The zero-order valence-electron chi connectivity index (χ0n) is 17.1. The van der Waals surface area contributed by atoms with Crippen LogP contribution < -0.4 is 0 Å². The number of rotatable bonds is 8. The number of alkyl halides is 3. The lowest BCUT2D eigenvalue weighted by Crippen LogP contribution is -2.29. The highest BCUT2D eigenvalue weighted by Crippen LogP contribution is 2.36. The first kappa shape index (κ1) is 24.1. The summed E-state index contributed by atoms with van der Waals surface area (Å²) in [6.07, 6.45) is -1.02. The van der Waals surface area contributed by atoms with E-state index in [2.05, 4.69) is 0 Å². The summed E-state index contributed by atoms with van der Waals surface area (Å²) >= 11 is 6.39.